The van der Waals surface area contributed by atoms with Crippen molar-refractivity contribution >= 4 is 17.5 Å². The molecule has 0 atom stereocenters. The zero-order chi connectivity index (χ0) is 15.2. The van der Waals surface area contributed by atoms with Crippen molar-refractivity contribution in [3.8, 4) is 0 Å². The SMILES string of the molecule is CC(=O)N(CCNC(=O)c1ccco1)c1cccc(F)c1. The van der Waals surface area contributed by atoms with E-state index in [4.69, 9.17) is 4.42 Å². The number of anilines is 1. The zero-order valence-corrected chi connectivity index (χ0v) is 11.5. The fourth-order valence-corrected chi connectivity index (χ4v) is 1.89. The number of amides is 2. The minimum atomic E-state index is -0.418. The largest absolute Gasteiger partial charge is 0.459 e. The van der Waals surface area contributed by atoms with Crippen molar-refractivity contribution in [2.24, 2.45) is 0 Å². The predicted molar refractivity (Wildman–Crippen MR) is 75.5 cm³/mol. The summed E-state index contributed by atoms with van der Waals surface area (Å²) in [6.07, 6.45) is 1.41. The standard InChI is InChI=1S/C15H15FN2O3/c1-11(19)18(13-5-2-4-12(16)10-13)8-7-17-15(20)14-6-3-9-21-14/h2-6,9-10H,7-8H2,1H3,(H,17,20). The van der Waals surface area contributed by atoms with Gasteiger partial charge >= 0.3 is 0 Å². The highest BCUT2D eigenvalue weighted by atomic mass is 19.1. The number of hydrogen-bond donors (Lipinski definition) is 1. The number of furan rings is 1. The second-order valence-electron chi connectivity index (χ2n) is 4.38. The van der Waals surface area contributed by atoms with Gasteiger partial charge in [0.2, 0.25) is 5.91 Å². The number of nitrogens with one attached hydrogen (secondary N) is 1. The monoisotopic (exact) mass is 290 g/mol. The Hall–Kier alpha value is -2.63. The Morgan fingerprint density at radius 3 is 2.71 bits per heavy atom. The smallest absolute Gasteiger partial charge is 0.287 e. The third kappa shape index (κ3) is 3.92. The molecule has 1 N–H and O–H groups in total. The highest BCUT2D eigenvalue weighted by Gasteiger charge is 2.13. The van der Waals surface area contributed by atoms with Crippen molar-refractivity contribution in [3.63, 3.8) is 0 Å². The summed E-state index contributed by atoms with van der Waals surface area (Å²) in [7, 11) is 0. The van der Waals surface area contributed by atoms with E-state index in [-0.39, 0.29) is 30.7 Å². The summed E-state index contributed by atoms with van der Waals surface area (Å²) in [6, 6.07) is 8.91. The molecule has 0 spiro atoms. The second kappa shape index (κ2) is 6.69. The molecule has 1 aromatic heterocycles. The lowest BCUT2D eigenvalue weighted by Gasteiger charge is -2.21. The lowest BCUT2D eigenvalue weighted by molar-refractivity contribution is -0.116. The van der Waals surface area contributed by atoms with Crippen molar-refractivity contribution in [2.75, 3.05) is 18.0 Å². The van der Waals surface area contributed by atoms with Crippen LogP contribution in [-0.4, -0.2) is 24.9 Å². The van der Waals surface area contributed by atoms with Gasteiger partial charge in [0, 0.05) is 25.7 Å². The molecule has 2 amide bonds. The van der Waals surface area contributed by atoms with E-state index in [1.165, 1.54) is 36.3 Å². The number of carbonyl (C=O) groups excluding carboxylic acids is 2. The third-order valence-electron chi connectivity index (χ3n) is 2.87. The van der Waals surface area contributed by atoms with Crippen LogP contribution in [0.5, 0.6) is 0 Å². The molecule has 0 bridgehead atoms. The van der Waals surface area contributed by atoms with E-state index in [9.17, 15) is 14.0 Å². The van der Waals surface area contributed by atoms with Crippen LogP contribution < -0.4 is 10.2 Å². The van der Waals surface area contributed by atoms with E-state index < -0.39 is 5.82 Å². The fourth-order valence-electron chi connectivity index (χ4n) is 1.89. The van der Waals surface area contributed by atoms with Gasteiger partial charge in [-0.1, -0.05) is 6.07 Å². The topological polar surface area (TPSA) is 62.6 Å². The molecular formula is C15H15FN2O3. The maximum Gasteiger partial charge on any atom is 0.287 e. The summed E-state index contributed by atoms with van der Waals surface area (Å²) >= 11 is 0. The first kappa shape index (κ1) is 14.8. The first-order valence-electron chi connectivity index (χ1n) is 6.43. The molecule has 0 saturated heterocycles. The highest BCUT2D eigenvalue weighted by Crippen LogP contribution is 2.15. The lowest BCUT2D eigenvalue weighted by Crippen LogP contribution is -2.37. The molecular weight excluding hydrogens is 275 g/mol. The number of carbonyl (C=O) groups is 2. The number of hydrogen-bond acceptors (Lipinski definition) is 3. The highest BCUT2D eigenvalue weighted by molar-refractivity contribution is 5.92. The first-order valence-corrected chi connectivity index (χ1v) is 6.43. The fraction of sp³-hybridized carbons (Fsp3) is 0.200. The molecule has 0 unspecified atom stereocenters. The molecule has 6 heteroatoms. The van der Waals surface area contributed by atoms with Gasteiger partial charge in [0.25, 0.3) is 5.91 Å². The Kier molecular flexibility index (Phi) is 4.71. The van der Waals surface area contributed by atoms with Crippen LogP contribution in [0.2, 0.25) is 0 Å². The van der Waals surface area contributed by atoms with Crippen LogP contribution >= 0.6 is 0 Å². The van der Waals surface area contributed by atoms with Crippen LogP contribution in [0.3, 0.4) is 0 Å². The van der Waals surface area contributed by atoms with Crippen molar-refractivity contribution in [1.29, 1.82) is 0 Å². The summed E-state index contributed by atoms with van der Waals surface area (Å²) in [4.78, 5) is 24.7. The Bertz CT molecular complexity index is 626. The predicted octanol–water partition coefficient (Wildman–Crippen LogP) is 2.20. The third-order valence-corrected chi connectivity index (χ3v) is 2.87. The molecule has 1 heterocycles. The number of halogens is 1. The molecule has 0 aliphatic carbocycles. The van der Waals surface area contributed by atoms with E-state index >= 15 is 0 Å². The van der Waals surface area contributed by atoms with Crippen LogP contribution in [0, 0.1) is 5.82 Å². The number of benzene rings is 1. The summed E-state index contributed by atoms with van der Waals surface area (Å²) in [6.45, 7) is 1.86. The summed E-state index contributed by atoms with van der Waals surface area (Å²) in [5.74, 6) is -0.802. The van der Waals surface area contributed by atoms with Crippen LogP contribution in [-0.2, 0) is 4.79 Å². The average Bonchev–Trinajstić information content (AvgIpc) is 2.97. The van der Waals surface area contributed by atoms with Gasteiger partial charge in [0.15, 0.2) is 5.76 Å². The first-order chi connectivity index (χ1) is 10.1. The maximum absolute atomic E-state index is 13.2. The molecule has 2 aromatic rings. The minimum absolute atomic E-state index is 0.204. The zero-order valence-electron chi connectivity index (χ0n) is 11.5. The lowest BCUT2D eigenvalue weighted by atomic mass is 10.2. The maximum atomic E-state index is 13.2. The van der Waals surface area contributed by atoms with Gasteiger partial charge in [-0.05, 0) is 30.3 Å². The van der Waals surface area contributed by atoms with E-state index in [1.54, 1.807) is 18.2 Å². The number of nitrogens with zero attached hydrogens (tertiary/aromatic N) is 1. The van der Waals surface area contributed by atoms with Gasteiger partial charge < -0.3 is 14.6 Å². The van der Waals surface area contributed by atoms with E-state index in [0.29, 0.717) is 5.69 Å². The van der Waals surface area contributed by atoms with E-state index in [1.807, 2.05) is 0 Å². The van der Waals surface area contributed by atoms with Crippen LogP contribution in [0.4, 0.5) is 10.1 Å². The Morgan fingerprint density at radius 1 is 1.29 bits per heavy atom. The minimum Gasteiger partial charge on any atom is -0.459 e. The molecule has 21 heavy (non-hydrogen) atoms. The van der Waals surface area contributed by atoms with E-state index in [2.05, 4.69) is 5.32 Å². The molecule has 2 rings (SSSR count). The molecule has 1 aromatic carbocycles. The second-order valence-corrected chi connectivity index (χ2v) is 4.38. The van der Waals surface area contributed by atoms with Crippen LogP contribution in [0.15, 0.2) is 47.1 Å². The van der Waals surface area contributed by atoms with Crippen molar-refractivity contribution < 1.29 is 18.4 Å². The molecule has 0 fully saturated rings. The normalized spacial score (nSPS) is 10.2. The van der Waals surface area contributed by atoms with E-state index in [0.717, 1.165) is 0 Å². The van der Waals surface area contributed by atoms with Gasteiger partial charge in [-0.2, -0.15) is 0 Å². The summed E-state index contributed by atoms with van der Waals surface area (Å²) in [5, 5.41) is 2.63. The van der Waals surface area contributed by atoms with Gasteiger partial charge in [0.1, 0.15) is 5.82 Å². The van der Waals surface area contributed by atoms with Gasteiger partial charge in [0.05, 0.1) is 6.26 Å². The van der Waals surface area contributed by atoms with Gasteiger partial charge in [-0.25, -0.2) is 4.39 Å². The molecule has 0 saturated carbocycles. The molecule has 0 aliphatic heterocycles. The Labute approximate surface area is 121 Å². The van der Waals surface area contributed by atoms with Crippen molar-refractivity contribution in [1.82, 2.24) is 5.32 Å². The molecule has 110 valence electrons. The van der Waals surface area contributed by atoms with Crippen molar-refractivity contribution in [2.45, 2.75) is 6.92 Å². The molecule has 5 nitrogen and oxygen atoms in total. The van der Waals surface area contributed by atoms with Gasteiger partial charge in [-0.3, -0.25) is 9.59 Å². The van der Waals surface area contributed by atoms with Crippen molar-refractivity contribution in [3.05, 3.63) is 54.2 Å². The average molecular weight is 290 g/mol. The molecule has 0 aliphatic rings. The number of rotatable bonds is 5. The Balaban J connectivity index is 1.95. The summed E-state index contributed by atoms with van der Waals surface area (Å²) < 4.78 is 18.2. The van der Waals surface area contributed by atoms with Gasteiger partial charge in [-0.15, -0.1) is 0 Å². The van der Waals surface area contributed by atoms with Crippen LogP contribution in [0.25, 0.3) is 0 Å². The molecule has 0 radical (unpaired) electrons. The quantitative estimate of drug-likeness (QED) is 0.918. The van der Waals surface area contributed by atoms with Crippen LogP contribution in [0.1, 0.15) is 17.5 Å². The summed E-state index contributed by atoms with van der Waals surface area (Å²) in [5.41, 5.74) is 0.453. The Morgan fingerprint density at radius 2 is 2.10 bits per heavy atom.